The van der Waals surface area contributed by atoms with Crippen LogP contribution < -0.4 is 9.64 Å². The Morgan fingerprint density at radius 2 is 1.72 bits per heavy atom. The lowest BCUT2D eigenvalue weighted by molar-refractivity contribution is -0.385. The molecule has 0 atom stereocenters. The minimum Gasteiger partial charge on any atom is -0.489 e. The molecule has 0 aliphatic heterocycles. The van der Waals surface area contributed by atoms with E-state index in [2.05, 4.69) is 0 Å². The van der Waals surface area contributed by atoms with Gasteiger partial charge in [0.1, 0.15) is 23.5 Å². The molecule has 0 aromatic heterocycles. The molecule has 0 N–H and O–H groups in total. The molecule has 2 aromatic rings. The fourth-order valence-corrected chi connectivity index (χ4v) is 2.53. The molecule has 0 aliphatic carbocycles. The molecular formula is C21H24N2O6. The van der Waals surface area contributed by atoms with Gasteiger partial charge in [0, 0.05) is 31.3 Å². The Morgan fingerprint density at radius 3 is 2.24 bits per heavy atom. The van der Waals surface area contributed by atoms with Crippen LogP contribution in [0.4, 0.5) is 11.4 Å². The molecule has 2 rings (SSSR count). The Morgan fingerprint density at radius 1 is 1.10 bits per heavy atom. The SMILES string of the molecule is CC(=O)N(C)c1ccc(OCc2cccc([N+](=O)[O-])c2C(=O)OC(C)(C)C)cc1. The highest BCUT2D eigenvalue weighted by Gasteiger charge is 2.28. The van der Waals surface area contributed by atoms with Gasteiger partial charge >= 0.3 is 5.97 Å². The molecule has 0 fully saturated rings. The summed E-state index contributed by atoms with van der Waals surface area (Å²) < 4.78 is 11.0. The minimum absolute atomic E-state index is 0.0574. The number of nitrogens with zero attached hydrogens (tertiary/aromatic N) is 2. The normalized spacial score (nSPS) is 10.9. The number of hydrogen-bond acceptors (Lipinski definition) is 6. The summed E-state index contributed by atoms with van der Waals surface area (Å²) in [4.78, 5) is 36.3. The van der Waals surface area contributed by atoms with Crippen molar-refractivity contribution in [2.75, 3.05) is 11.9 Å². The molecule has 1 amide bonds. The van der Waals surface area contributed by atoms with Gasteiger partial charge in [0.05, 0.1) is 4.92 Å². The van der Waals surface area contributed by atoms with Gasteiger partial charge in [-0.3, -0.25) is 14.9 Å². The quantitative estimate of drug-likeness (QED) is 0.411. The van der Waals surface area contributed by atoms with Crippen molar-refractivity contribution in [3.63, 3.8) is 0 Å². The summed E-state index contributed by atoms with van der Waals surface area (Å²) in [5.41, 5.74) is -0.204. The average Bonchev–Trinajstić information content (AvgIpc) is 2.64. The summed E-state index contributed by atoms with van der Waals surface area (Å²) in [6.07, 6.45) is 0. The fourth-order valence-electron chi connectivity index (χ4n) is 2.53. The molecule has 29 heavy (non-hydrogen) atoms. The minimum atomic E-state index is -0.794. The van der Waals surface area contributed by atoms with Crippen LogP contribution in [0.25, 0.3) is 0 Å². The zero-order chi connectivity index (χ0) is 21.8. The van der Waals surface area contributed by atoms with Crippen LogP contribution in [0.1, 0.15) is 43.6 Å². The number of amides is 1. The van der Waals surface area contributed by atoms with Crippen molar-refractivity contribution in [3.8, 4) is 5.75 Å². The summed E-state index contributed by atoms with van der Waals surface area (Å²) >= 11 is 0. The van der Waals surface area contributed by atoms with E-state index < -0.39 is 16.5 Å². The topological polar surface area (TPSA) is 99.0 Å². The molecule has 0 spiro atoms. The van der Waals surface area contributed by atoms with E-state index in [9.17, 15) is 19.7 Å². The van der Waals surface area contributed by atoms with Crippen LogP contribution >= 0.6 is 0 Å². The lowest BCUT2D eigenvalue weighted by atomic mass is 10.1. The van der Waals surface area contributed by atoms with Crippen LogP contribution in [0.2, 0.25) is 0 Å². The number of anilines is 1. The van der Waals surface area contributed by atoms with Crippen LogP contribution in [0.5, 0.6) is 5.75 Å². The van der Waals surface area contributed by atoms with E-state index in [4.69, 9.17) is 9.47 Å². The second kappa shape index (κ2) is 8.72. The third-order valence-corrected chi connectivity index (χ3v) is 4.02. The smallest absolute Gasteiger partial charge is 0.346 e. The standard InChI is InChI=1S/C21H24N2O6/c1-14(24)22(5)16-9-11-17(12-10-16)28-13-15-7-6-8-18(23(26)27)19(15)20(25)29-21(2,3)4/h6-12H,13H2,1-5H3. The fraction of sp³-hybridized carbons (Fsp3) is 0.333. The van der Waals surface area contributed by atoms with Crippen molar-refractivity contribution in [2.24, 2.45) is 0 Å². The third-order valence-electron chi connectivity index (χ3n) is 4.02. The van der Waals surface area contributed by atoms with Crippen molar-refractivity contribution in [1.29, 1.82) is 0 Å². The summed E-state index contributed by atoms with van der Waals surface area (Å²) in [6.45, 7) is 6.48. The summed E-state index contributed by atoms with van der Waals surface area (Å²) in [5, 5.41) is 11.4. The van der Waals surface area contributed by atoms with E-state index in [1.165, 1.54) is 24.0 Å². The maximum Gasteiger partial charge on any atom is 0.346 e. The number of nitro benzene ring substituents is 1. The molecule has 0 radical (unpaired) electrons. The number of esters is 1. The van der Waals surface area contributed by atoms with Crippen LogP contribution in [-0.2, 0) is 16.1 Å². The van der Waals surface area contributed by atoms with Crippen LogP contribution in [0.3, 0.4) is 0 Å². The van der Waals surface area contributed by atoms with Gasteiger partial charge in [0.15, 0.2) is 0 Å². The highest BCUT2D eigenvalue weighted by Crippen LogP contribution is 2.27. The predicted molar refractivity (Wildman–Crippen MR) is 108 cm³/mol. The molecule has 0 heterocycles. The van der Waals surface area contributed by atoms with Crippen LogP contribution in [-0.4, -0.2) is 29.4 Å². The van der Waals surface area contributed by atoms with E-state index in [0.717, 1.165) is 0 Å². The first kappa shape index (κ1) is 21.9. The Labute approximate surface area is 169 Å². The monoisotopic (exact) mass is 400 g/mol. The second-order valence-corrected chi connectivity index (χ2v) is 7.43. The number of nitro groups is 1. The Hall–Kier alpha value is -3.42. The maximum atomic E-state index is 12.6. The van der Waals surface area contributed by atoms with E-state index in [-0.39, 0.29) is 23.8 Å². The van der Waals surface area contributed by atoms with Gasteiger partial charge in [-0.15, -0.1) is 0 Å². The van der Waals surface area contributed by atoms with Gasteiger partial charge in [0.2, 0.25) is 5.91 Å². The molecule has 0 saturated carbocycles. The number of ether oxygens (including phenoxy) is 2. The third kappa shape index (κ3) is 5.78. The van der Waals surface area contributed by atoms with Gasteiger partial charge in [-0.2, -0.15) is 0 Å². The molecule has 0 unspecified atom stereocenters. The molecule has 154 valence electrons. The molecule has 2 aromatic carbocycles. The van der Waals surface area contributed by atoms with E-state index in [1.807, 2.05) is 0 Å². The lowest BCUT2D eigenvalue weighted by Gasteiger charge is -2.20. The first-order valence-electron chi connectivity index (χ1n) is 8.96. The molecule has 0 aliphatic rings. The Bertz CT molecular complexity index is 916. The van der Waals surface area contributed by atoms with Crippen LogP contribution in [0.15, 0.2) is 42.5 Å². The summed E-state index contributed by atoms with van der Waals surface area (Å²) in [6, 6.07) is 11.1. The number of rotatable bonds is 6. The molecular weight excluding hydrogens is 376 g/mol. The van der Waals surface area contributed by atoms with Gasteiger partial charge in [0.25, 0.3) is 5.69 Å². The predicted octanol–water partition coefficient (Wildman–Crippen LogP) is 4.11. The highest BCUT2D eigenvalue weighted by molar-refractivity contribution is 5.95. The summed E-state index contributed by atoms with van der Waals surface area (Å²) in [7, 11) is 1.66. The number of carbonyl (C=O) groups excluding carboxylic acids is 2. The number of carbonyl (C=O) groups is 2. The van der Waals surface area contributed by atoms with Gasteiger partial charge in [-0.05, 0) is 45.0 Å². The zero-order valence-electron chi connectivity index (χ0n) is 17.1. The van der Waals surface area contributed by atoms with Crippen molar-refractivity contribution >= 4 is 23.3 Å². The first-order valence-corrected chi connectivity index (χ1v) is 8.96. The summed E-state index contributed by atoms with van der Waals surface area (Å²) in [5.74, 6) is -0.383. The molecule has 8 heteroatoms. The van der Waals surface area contributed by atoms with Crippen molar-refractivity contribution in [3.05, 3.63) is 63.7 Å². The first-order chi connectivity index (χ1) is 13.5. The molecule has 0 bridgehead atoms. The second-order valence-electron chi connectivity index (χ2n) is 7.43. The average molecular weight is 400 g/mol. The largest absolute Gasteiger partial charge is 0.489 e. The van der Waals surface area contributed by atoms with Crippen molar-refractivity contribution in [2.45, 2.75) is 39.9 Å². The van der Waals surface area contributed by atoms with E-state index >= 15 is 0 Å². The Kier molecular flexibility index (Phi) is 6.58. The van der Waals surface area contributed by atoms with Gasteiger partial charge in [-0.25, -0.2) is 4.79 Å². The highest BCUT2D eigenvalue weighted by atomic mass is 16.6. The van der Waals surface area contributed by atoms with Crippen molar-refractivity contribution < 1.29 is 24.0 Å². The number of benzene rings is 2. The van der Waals surface area contributed by atoms with E-state index in [0.29, 0.717) is 17.0 Å². The molecule has 0 saturated heterocycles. The van der Waals surface area contributed by atoms with Crippen molar-refractivity contribution in [1.82, 2.24) is 0 Å². The maximum absolute atomic E-state index is 12.6. The number of hydrogen-bond donors (Lipinski definition) is 0. The zero-order valence-corrected chi connectivity index (χ0v) is 17.1. The van der Waals surface area contributed by atoms with Gasteiger partial charge < -0.3 is 14.4 Å². The van der Waals surface area contributed by atoms with E-state index in [1.54, 1.807) is 58.2 Å². The van der Waals surface area contributed by atoms with Crippen LogP contribution in [0, 0.1) is 10.1 Å². The lowest BCUT2D eigenvalue weighted by Crippen LogP contribution is -2.25. The Balaban J connectivity index is 2.26. The van der Waals surface area contributed by atoms with Gasteiger partial charge in [-0.1, -0.05) is 12.1 Å². The molecule has 8 nitrogen and oxygen atoms in total.